The molecule has 2 N–H and O–H groups in total. The Morgan fingerprint density at radius 1 is 1.00 bits per heavy atom. The van der Waals surface area contributed by atoms with Crippen molar-refractivity contribution >= 4 is 17.9 Å². The molecule has 0 saturated carbocycles. The van der Waals surface area contributed by atoms with E-state index in [-0.39, 0.29) is 0 Å². The highest BCUT2D eigenvalue weighted by atomic mass is 19.4. The van der Waals surface area contributed by atoms with Crippen LogP contribution in [0.3, 0.4) is 0 Å². The number of aromatic nitrogens is 4. The SMILES string of the molecule is Cc1nn(C)cc1-c1ccnc(N2CCCN(CC(C)C)CC2)n1.O=C(O)C(F)(F)F.O=C(O)C(F)(F)F. The second-order valence-electron chi connectivity index (χ2n) is 8.68. The number of rotatable bonds is 4. The minimum absolute atomic E-state index is 0.713. The van der Waals surface area contributed by atoms with Crippen molar-refractivity contribution in [3.8, 4) is 11.3 Å². The Morgan fingerprint density at radius 3 is 2.00 bits per heavy atom. The minimum Gasteiger partial charge on any atom is -0.475 e. The first-order chi connectivity index (χ1) is 17.4. The number of halogens is 6. The van der Waals surface area contributed by atoms with Gasteiger partial charge in [0.15, 0.2) is 0 Å². The molecule has 2 aromatic heterocycles. The highest BCUT2D eigenvalue weighted by Gasteiger charge is 2.38. The van der Waals surface area contributed by atoms with Crippen molar-refractivity contribution < 1.29 is 46.1 Å². The van der Waals surface area contributed by atoms with Crippen molar-refractivity contribution in [3.05, 3.63) is 24.2 Å². The normalized spacial score (nSPS) is 14.7. The maximum atomic E-state index is 10.6. The van der Waals surface area contributed by atoms with E-state index < -0.39 is 24.3 Å². The molecule has 0 amide bonds. The third-order valence-electron chi connectivity index (χ3n) is 4.91. The van der Waals surface area contributed by atoms with Crippen LogP contribution in [-0.2, 0) is 16.6 Å². The van der Waals surface area contributed by atoms with Gasteiger partial charge in [0.2, 0.25) is 5.95 Å². The second kappa shape index (κ2) is 13.9. The molecule has 1 aliphatic heterocycles. The fourth-order valence-corrected chi connectivity index (χ4v) is 3.37. The van der Waals surface area contributed by atoms with Crippen LogP contribution in [-0.4, -0.2) is 91.9 Å². The Hall–Kier alpha value is -3.43. The molecule has 1 fully saturated rings. The molecule has 0 bridgehead atoms. The van der Waals surface area contributed by atoms with E-state index in [1.165, 1.54) is 6.54 Å². The number of aliphatic carboxylic acids is 2. The predicted octanol–water partition coefficient (Wildman–Crippen LogP) is 3.62. The lowest BCUT2D eigenvalue weighted by atomic mass is 10.2. The van der Waals surface area contributed by atoms with Gasteiger partial charge < -0.3 is 20.0 Å². The predicted molar refractivity (Wildman–Crippen MR) is 124 cm³/mol. The minimum atomic E-state index is -5.08. The van der Waals surface area contributed by atoms with E-state index in [9.17, 15) is 26.3 Å². The molecule has 2 aromatic rings. The molecule has 3 rings (SSSR count). The van der Waals surface area contributed by atoms with E-state index in [4.69, 9.17) is 24.8 Å². The Kier molecular flexibility index (Phi) is 11.9. The molecular weight excluding hydrogens is 526 g/mol. The second-order valence-corrected chi connectivity index (χ2v) is 8.68. The summed E-state index contributed by atoms with van der Waals surface area (Å²) in [6.45, 7) is 12.0. The number of nitrogens with zero attached hydrogens (tertiary/aromatic N) is 6. The molecule has 1 aliphatic rings. The Bertz CT molecular complexity index is 1030. The summed E-state index contributed by atoms with van der Waals surface area (Å²) >= 11 is 0. The third kappa shape index (κ3) is 11.3. The molecule has 0 unspecified atom stereocenters. The summed E-state index contributed by atoms with van der Waals surface area (Å²) in [5.41, 5.74) is 3.03. The maximum absolute atomic E-state index is 10.6. The summed E-state index contributed by atoms with van der Waals surface area (Å²) in [5, 5.41) is 18.7. The first-order valence-corrected chi connectivity index (χ1v) is 11.3. The zero-order chi connectivity index (χ0) is 29.3. The number of hydrogen-bond donors (Lipinski definition) is 2. The van der Waals surface area contributed by atoms with Gasteiger partial charge in [-0.3, -0.25) is 4.68 Å². The molecule has 0 aliphatic carbocycles. The van der Waals surface area contributed by atoms with Crippen molar-refractivity contribution in [2.45, 2.75) is 39.5 Å². The van der Waals surface area contributed by atoms with E-state index in [1.54, 1.807) is 0 Å². The van der Waals surface area contributed by atoms with Crippen molar-refractivity contribution in [1.29, 1.82) is 0 Å². The number of carboxylic acid groups (broad SMARTS) is 2. The van der Waals surface area contributed by atoms with Crippen LogP contribution in [0.4, 0.5) is 32.3 Å². The zero-order valence-electron chi connectivity index (χ0n) is 21.2. The average molecular weight is 557 g/mol. The molecule has 0 spiro atoms. The van der Waals surface area contributed by atoms with Gasteiger partial charge in [-0.05, 0) is 31.9 Å². The van der Waals surface area contributed by atoms with Crippen LogP contribution < -0.4 is 4.90 Å². The number of hydrogen-bond acceptors (Lipinski definition) is 7. The van der Waals surface area contributed by atoms with Gasteiger partial charge in [-0.25, -0.2) is 19.6 Å². The Balaban J connectivity index is 0.000000426. The van der Waals surface area contributed by atoms with Crippen molar-refractivity contribution in [1.82, 2.24) is 24.6 Å². The zero-order valence-corrected chi connectivity index (χ0v) is 21.2. The molecule has 0 aromatic carbocycles. The van der Waals surface area contributed by atoms with E-state index in [1.807, 2.05) is 37.1 Å². The molecule has 214 valence electrons. The van der Waals surface area contributed by atoms with Crippen LogP contribution in [0.1, 0.15) is 26.0 Å². The number of aryl methyl sites for hydroxylation is 2. The molecule has 38 heavy (non-hydrogen) atoms. The van der Waals surface area contributed by atoms with Gasteiger partial charge in [0.25, 0.3) is 0 Å². The molecule has 3 heterocycles. The van der Waals surface area contributed by atoms with E-state index >= 15 is 0 Å². The summed E-state index contributed by atoms with van der Waals surface area (Å²) in [7, 11) is 1.94. The fourth-order valence-electron chi connectivity index (χ4n) is 3.37. The summed E-state index contributed by atoms with van der Waals surface area (Å²) < 4.78 is 65.3. The van der Waals surface area contributed by atoms with Crippen molar-refractivity contribution in [3.63, 3.8) is 0 Å². The lowest BCUT2D eigenvalue weighted by Crippen LogP contribution is -2.33. The smallest absolute Gasteiger partial charge is 0.475 e. The lowest BCUT2D eigenvalue weighted by Gasteiger charge is -2.23. The van der Waals surface area contributed by atoms with Crippen LogP contribution in [0, 0.1) is 12.8 Å². The molecule has 0 radical (unpaired) electrons. The Morgan fingerprint density at radius 2 is 1.55 bits per heavy atom. The summed E-state index contributed by atoms with van der Waals surface area (Å²) in [6, 6.07) is 1.97. The summed E-state index contributed by atoms with van der Waals surface area (Å²) in [5.74, 6) is -3.97. The third-order valence-corrected chi connectivity index (χ3v) is 4.91. The first-order valence-electron chi connectivity index (χ1n) is 11.3. The highest BCUT2D eigenvalue weighted by Crippen LogP contribution is 2.22. The monoisotopic (exact) mass is 556 g/mol. The van der Waals surface area contributed by atoms with Crippen LogP contribution in [0.2, 0.25) is 0 Å². The van der Waals surface area contributed by atoms with Crippen LogP contribution in [0.25, 0.3) is 11.3 Å². The number of alkyl halides is 6. The van der Waals surface area contributed by atoms with Gasteiger partial charge in [-0.15, -0.1) is 0 Å². The van der Waals surface area contributed by atoms with Gasteiger partial charge >= 0.3 is 24.3 Å². The lowest BCUT2D eigenvalue weighted by molar-refractivity contribution is -0.193. The fraction of sp³-hybridized carbons (Fsp3) is 0.591. The highest BCUT2D eigenvalue weighted by molar-refractivity contribution is 5.73. The maximum Gasteiger partial charge on any atom is 0.490 e. The molecule has 1 saturated heterocycles. The van der Waals surface area contributed by atoms with Crippen LogP contribution in [0.15, 0.2) is 18.5 Å². The van der Waals surface area contributed by atoms with E-state index in [2.05, 4.69) is 33.7 Å². The summed E-state index contributed by atoms with van der Waals surface area (Å²) in [4.78, 5) is 32.0. The summed E-state index contributed by atoms with van der Waals surface area (Å²) in [6.07, 6.45) is -5.12. The van der Waals surface area contributed by atoms with Gasteiger partial charge in [0, 0.05) is 51.2 Å². The average Bonchev–Trinajstić information content (AvgIpc) is 2.97. The van der Waals surface area contributed by atoms with Gasteiger partial charge in [0.1, 0.15) is 0 Å². The van der Waals surface area contributed by atoms with Crippen molar-refractivity contribution in [2.24, 2.45) is 13.0 Å². The van der Waals surface area contributed by atoms with Crippen molar-refractivity contribution in [2.75, 3.05) is 37.6 Å². The molecular formula is C22H30F6N6O4. The van der Waals surface area contributed by atoms with Gasteiger partial charge in [-0.1, -0.05) is 13.8 Å². The van der Waals surface area contributed by atoms with E-state index in [0.29, 0.717) is 5.92 Å². The largest absolute Gasteiger partial charge is 0.490 e. The van der Waals surface area contributed by atoms with Gasteiger partial charge in [-0.2, -0.15) is 31.4 Å². The Labute approximate surface area is 214 Å². The van der Waals surface area contributed by atoms with Crippen LogP contribution >= 0.6 is 0 Å². The quantitative estimate of drug-likeness (QED) is 0.544. The topological polar surface area (TPSA) is 125 Å². The molecule has 16 heteroatoms. The standard InChI is InChI=1S/C18H28N6.2C2HF3O2/c1-14(2)12-23-8-5-9-24(11-10-23)18-19-7-6-17(20-18)16-13-22(4)21-15(16)3;2*3-2(4,5)1(6)7/h6-7,13-14H,5,8-12H2,1-4H3;2*(H,6,7). The van der Waals surface area contributed by atoms with Gasteiger partial charge in [0.05, 0.1) is 11.4 Å². The van der Waals surface area contributed by atoms with Crippen LogP contribution in [0.5, 0.6) is 0 Å². The number of anilines is 1. The molecule has 0 atom stereocenters. The molecule has 10 nitrogen and oxygen atoms in total. The number of carboxylic acids is 2. The number of carbonyl (C=O) groups is 2. The first kappa shape index (κ1) is 32.6. The van der Waals surface area contributed by atoms with E-state index in [0.717, 1.165) is 55.5 Å².